The standard InChI is InChI=1S/C24H26N6O4.2ClH/c1-33-11-10-29-24(28)30-17-6-2-14(3-7-17)23(32)34-20-9-5-15-12-16(22(26)27)4-8-18(15)19(20)13-21(25)31;;/h2-9,12H,10-11,13H2,1H3,(H2,25,31)(H3,26,27)(H3,28,29,30);2*1H. The number of nitrogen functional groups attached to an aromatic ring is 1. The number of amides is 1. The second-order valence-electron chi connectivity index (χ2n) is 7.39. The van der Waals surface area contributed by atoms with E-state index < -0.39 is 11.9 Å². The quantitative estimate of drug-likeness (QED) is 0.0918. The van der Waals surface area contributed by atoms with E-state index in [1.807, 2.05) is 0 Å². The number of nitrogens with one attached hydrogen (secondary N) is 2. The van der Waals surface area contributed by atoms with Crippen molar-refractivity contribution in [3.05, 3.63) is 71.3 Å². The number of carbonyl (C=O) groups is 2. The molecule has 36 heavy (non-hydrogen) atoms. The van der Waals surface area contributed by atoms with Crippen LogP contribution in [0.5, 0.6) is 5.75 Å². The number of ether oxygens (including phenoxy) is 2. The molecule has 10 nitrogen and oxygen atoms in total. The van der Waals surface area contributed by atoms with Gasteiger partial charge >= 0.3 is 5.97 Å². The van der Waals surface area contributed by atoms with Gasteiger partial charge in [0.2, 0.25) is 5.91 Å². The summed E-state index contributed by atoms with van der Waals surface area (Å²) in [4.78, 5) is 28.6. The van der Waals surface area contributed by atoms with E-state index in [9.17, 15) is 9.59 Å². The first-order valence-corrected chi connectivity index (χ1v) is 10.3. The molecule has 8 N–H and O–H groups in total. The van der Waals surface area contributed by atoms with Gasteiger partial charge in [0.25, 0.3) is 0 Å². The molecule has 0 aromatic heterocycles. The average Bonchev–Trinajstić information content (AvgIpc) is 2.80. The number of primary amides is 1. The van der Waals surface area contributed by atoms with Gasteiger partial charge in [0.05, 0.1) is 25.1 Å². The molecule has 0 bridgehead atoms. The lowest BCUT2D eigenvalue weighted by Gasteiger charge is -2.13. The van der Waals surface area contributed by atoms with E-state index in [0.717, 1.165) is 5.39 Å². The van der Waals surface area contributed by atoms with E-state index in [0.29, 0.717) is 40.9 Å². The molecule has 0 aliphatic heterocycles. The first-order valence-electron chi connectivity index (χ1n) is 10.3. The molecule has 0 fully saturated rings. The van der Waals surface area contributed by atoms with Crippen LogP contribution in [0.4, 0.5) is 5.69 Å². The van der Waals surface area contributed by atoms with Crippen molar-refractivity contribution in [2.24, 2.45) is 22.2 Å². The van der Waals surface area contributed by atoms with Gasteiger partial charge in [-0.25, -0.2) is 4.79 Å². The van der Waals surface area contributed by atoms with Crippen molar-refractivity contribution < 1.29 is 19.1 Å². The van der Waals surface area contributed by atoms with Crippen LogP contribution in [-0.2, 0) is 16.0 Å². The van der Waals surface area contributed by atoms with Gasteiger partial charge in [-0.05, 0) is 47.2 Å². The summed E-state index contributed by atoms with van der Waals surface area (Å²) in [7, 11) is 1.58. The van der Waals surface area contributed by atoms with Crippen molar-refractivity contribution in [3.63, 3.8) is 0 Å². The van der Waals surface area contributed by atoms with Crippen LogP contribution in [0.1, 0.15) is 21.5 Å². The number of fused-ring (bicyclic) bond motifs is 1. The molecule has 0 aliphatic carbocycles. The summed E-state index contributed by atoms with van der Waals surface area (Å²) in [6.45, 7) is 0.882. The summed E-state index contributed by atoms with van der Waals surface area (Å²) in [5.74, 6) is -0.787. The van der Waals surface area contributed by atoms with Crippen molar-refractivity contribution in [1.29, 1.82) is 5.41 Å². The van der Waals surface area contributed by atoms with E-state index in [1.165, 1.54) is 0 Å². The Hall–Kier alpha value is -3.86. The number of halogens is 2. The van der Waals surface area contributed by atoms with Crippen molar-refractivity contribution in [3.8, 4) is 5.75 Å². The van der Waals surface area contributed by atoms with Crippen LogP contribution >= 0.6 is 24.8 Å². The number of aliphatic imine (C=N–C) groups is 1. The Morgan fingerprint density at radius 1 is 0.972 bits per heavy atom. The molecular weight excluding hydrogens is 507 g/mol. The summed E-state index contributed by atoms with van der Waals surface area (Å²) < 4.78 is 10.5. The van der Waals surface area contributed by atoms with Gasteiger partial charge in [-0.1, -0.05) is 18.2 Å². The van der Waals surface area contributed by atoms with Crippen LogP contribution in [0.3, 0.4) is 0 Å². The fourth-order valence-electron chi connectivity index (χ4n) is 3.29. The van der Waals surface area contributed by atoms with Crippen LogP contribution in [0.15, 0.2) is 59.6 Å². The third-order valence-corrected chi connectivity index (χ3v) is 4.92. The number of hydrogen-bond donors (Lipinski definition) is 5. The molecule has 0 saturated heterocycles. The van der Waals surface area contributed by atoms with E-state index in [1.54, 1.807) is 61.7 Å². The molecule has 192 valence electrons. The Labute approximate surface area is 220 Å². The number of amidine groups is 1. The Morgan fingerprint density at radius 3 is 2.25 bits per heavy atom. The van der Waals surface area contributed by atoms with Crippen LogP contribution in [0.2, 0.25) is 0 Å². The Bertz CT molecular complexity index is 1270. The second-order valence-corrected chi connectivity index (χ2v) is 7.39. The van der Waals surface area contributed by atoms with Gasteiger partial charge in [0, 0.05) is 23.9 Å². The van der Waals surface area contributed by atoms with E-state index in [2.05, 4.69) is 10.3 Å². The van der Waals surface area contributed by atoms with Crippen molar-refractivity contribution in [1.82, 2.24) is 0 Å². The molecule has 12 heteroatoms. The minimum absolute atomic E-state index is 0. The first kappa shape index (κ1) is 30.2. The predicted octanol–water partition coefficient (Wildman–Crippen LogP) is 2.59. The SMILES string of the molecule is COCCN=C(N)Nc1ccc(C(=O)Oc2ccc3cc(C(=N)N)ccc3c2CC(N)=O)cc1.Cl.Cl. The monoisotopic (exact) mass is 534 g/mol. The van der Waals surface area contributed by atoms with Gasteiger partial charge in [0.1, 0.15) is 11.6 Å². The second kappa shape index (κ2) is 13.9. The van der Waals surface area contributed by atoms with E-state index in [-0.39, 0.29) is 48.8 Å². The molecule has 0 heterocycles. The van der Waals surface area contributed by atoms with Gasteiger partial charge in [-0.3, -0.25) is 15.2 Å². The number of rotatable bonds is 9. The number of nitrogens with zero attached hydrogens (tertiary/aromatic N) is 1. The van der Waals surface area contributed by atoms with E-state index in [4.69, 9.17) is 32.1 Å². The van der Waals surface area contributed by atoms with Crippen LogP contribution in [-0.4, -0.2) is 43.9 Å². The average molecular weight is 535 g/mol. The molecule has 0 atom stereocenters. The maximum atomic E-state index is 12.8. The highest BCUT2D eigenvalue weighted by molar-refractivity contribution is 6.01. The fraction of sp³-hybridized carbons (Fsp3) is 0.167. The number of guanidine groups is 1. The zero-order chi connectivity index (χ0) is 24.7. The van der Waals surface area contributed by atoms with Gasteiger partial charge in [-0.2, -0.15) is 0 Å². The number of carbonyl (C=O) groups excluding carboxylic acids is 2. The molecule has 0 saturated carbocycles. The molecule has 0 unspecified atom stereocenters. The summed E-state index contributed by atoms with van der Waals surface area (Å²) in [5.41, 5.74) is 18.8. The number of hydrogen-bond acceptors (Lipinski definition) is 6. The van der Waals surface area contributed by atoms with Crippen LogP contribution < -0.4 is 27.3 Å². The third-order valence-electron chi connectivity index (χ3n) is 4.92. The molecule has 0 aliphatic rings. The first-order chi connectivity index (χ1) is 16.3. The van der Waals surface area contributed by atoms with Crippen molar-refractivity contribution >= 4 is 64.9 Å². The smallest absolute Gasteiger partial charge is 0.343 e. The molecule has 0 radical (unpaired) electrons. The van der Waals surface area contributed by atoms with Gasteiger partial charge in [0.15, 0.2) is 5.96 Å². The molecule has 3 aromatic rings. The van der Waals surface area contributed by atoms with Gasteiger partial charge < -0.3 is 32.0 Å². The minimum atomic E-state index is -0.598. The van der Waals surface area contributed by atoms with Crippen LogP contribution in [0, 0.1) is 5.41 Å². The number of benzene rings is 3. The third kappa shape index (κ3) is 7.84. The predicted molar refractivity (Wildman–Crippen MR) is 146 cm³/mol. The van der Waals surface area contributed by atoms with Crippen molar-refractivity contribution in [2.75, 3.05) is 25.6 Å². The lowest BCUT2D eigenvalue weighted by molar-refractivity contribution is -0.117. The highest BCUT2D eigenvalue weighted by atomic mass is 35.5. The minimum Gasteiger partial charge on any atom is -0.423 e. The molecule has 3 aromatic carbocycles. The Morgan fingerprint density at radius 2 is 1.64 bits per heavy atom. The van der Waals surface area contributed by atoms with E-state index >= 15 is 0 Å². The molecule has 3 rings (SSSR count). The Kier molecular flexibility index (Phi) is 11.6. The van der Waals surface area contributed by atoms with Crippen LogP contribution in [0.25, 0.3) is 10.8 Å². The molecular formula is C24H28Cl2N6O4. The number of methoxy groups -OCH3 is 1. The number of esters is 1. The largest absolute Gasteiger partial charge is 0.423 e. The maximum Gasteiger partial charge on any atom is 0.343 e. The topological polar surface area (TPSA) is 179 Å². The summed E-state index contributed by atoms with van der Waals surface area (Å²) in [6.07, 6.45) is -0.121. The lowest BCUT2D eigenvalue weighted by Crippen LogP contribution is -2.23. The fourth-order valence-corrected chi connectivity index (χ4v) is 3.29. The maximum absolute atomic E-state index is 12.8. The molecule has 0 spiro atoms. The Balaban J connectivity index is 0.00000324. The highest BCUT2D eigenvalue weighted by Crippen LogP contribution is 2.30. The zero-order valence-corrected chi connectivity index (χ0v) is 21.1. The number of anilines is 1. The van der Waals surface area contributed by atoms with Gasteiger partial charge in [-0.15, -0.1) is 24.8 Å². The number of nitrogens with two attached hydrogens (primary N) is 3. The molecule has 1 amide bonds. The lowest BCUT2D eigenvalue weighted by atomic mass is 9.98. The van der Waals surface area contributed by atoms with Crippen molar-refractivity contribution in [2.45, 2.75) is 6.42 Å². The zero-order valence-electron chi connectivity index (χ0n) is 19.4. The summed E-state index contributed by atoms with van der Waals surface area (Å²) in [6, 6.07) is 14.9. The normalized spacial score (nSPS) is 10.6. The summed E-state index contributed by atoms with van der Waals surface area (Å²) in [5, 5.41) is 12.0. The summed E-state index contributed by atoms with van der Waals surface area (Å²) >= 11 is 0. The highest BCUT2D eigenvalue weighted by Gasteiger charge is 2.16.